The zero-order valence-corrected chi connectivity index (χ0v) is 17.6. The molecule has 1 unspecified atom stereocenters. The predicted octanol–water partition coefficient (Wildman–Crippen LogP) is 3.34. The van der Waals surface area contributed by atoms with Crippen molar-refractivity contribution in [1.29, 1.82) is 0 Å². The molecule has 1 aliphatic heterocycles. The maximum absolute atomic E-state index is 13.0. The zero-order chi connectivity index (χ0) is 23.5. The fourth-order valence-corrected chi connectivity index (χ4v) is 3.45. The predicted molar refractivity (Wildman–Crippen MR) is 114 cm³/mol. The Morgan fingerprint density at radius 3 is 2.62 bits per heavy atom. The molecule has 10 heteroatoms. The molecule has 2 aromatic rings. The van der Waals surface area contributed by atoms with Gasteiger partial charge >= 0.3 is 6.18 Å². The van der Waals surface area contributed by atoms with Crippen molar-refractivity contribution in [3.05, 3.63) is 54.1 Å². The third kappa shape index (κ3) is 5.37. The number of hydrogen-bond donors (Lipinski definition) is 2. The summed E-state index contributed by atoms with van der Waals surface area (Å²) < 4.78 is 38.5. The first-order valence-corrected chi connectivity index (χ1v) is 9.92. The molecule has 1 aliphatic rings. The summed E-state index contributed by atoms with van der Waals surface area (Å²) in [5, 5.41) is 5.42. The van der Waals surface area contributed by atoms with Gasteiger partial charge in [0.25, 0.3) is 0 Å². The number of rotatable bonds is 5. The first kappa shape index (κ1) is 23.1. The van der Waals surface area contributed by atoms with Crippen LogP contribution in [0.15, 0.2) is 48.5 Å². The van der Waals surface area contributed by atoms with Gasteiger partial charge < -0.3 is 20.4 Å². The molecule has 0 aliphatic carbocycles. The Hall–Kier alpha value is -3.56. The largest absolute Gasteiger partial charge is 0.416 e. The fourth-order valence-electron chi connectivity index (χ4n) is 3.45. The number of likely N-dealkylation sites (N-methyl/N-ethyl adjacent to an activating group) is 1. The molecule has 2 aromatic carbocycles. The molecule has 1 atom stereocenters. The number of para-hydroxylation sites is 2. The molecule has 170 valence electrons. The van der Waals surface area contributed by atoms with Crippen LogP contribution in [0.2, 0.25) is 0 Å². The Morgan fingerprint density at radius 1 is 1.19 bits per heavy atom. The van der Waals surface area contributed by atoms with E-state index in [-0.39, 0.29) is 37.0 Å². The van der Waals surface area contributed by atoms with E-state index in [4.69, 9.17) is 0 Å². The quantitative estimate of drug-likeness (QED) is 0.735. The minimum Gasteiger partial charge on any atom is -0.376 e. The van der Waals surface area contributed by atoms with E-state index in [0.29, 0.717) is 11.4 Å². The van der Waals surface area contributed by atoms with E-state index in [2.05, 4.69) is 10.6 Å². The number of nitrogens with one attached hydrogen (secondary N) is 2. The highest BCUT2D eigenvalue weighted by molar-refractivity contribution is 6.05. The highest BCUT2D eigenvalue weighted by Gasteiger charge is 2.31. The highest BCUT2D eigenvalue weighted by Crippen LogP contribution is 2.32. The summed E-state index contributed by atoms with van der Waals surface area (Å²) in [6.07, 6.45) is -4.38. The Labute approximate surface area is 183 Å². The number of carbonyl (C=O) groups is 3. The molecule has 3 rings (SSSR count). The second kappa shape index (κ2) is 9.29. The van der Waals surface area contributed by atoms with Gasteiger partial charge in [0.05, 0.1) is 30.0 Å². The van der Waals surface area contributed by atoms with Crippen LogP contribution in [0.3, 0.4) is 0 Å². The Bertz CT molecular complexity index is 1030. The first-order valence-electron chi connectivity index (χ1n) is 9.92. The number of halogens is 3. The highest BCUT2D eigenvalue weighted by atomic mass is 19.4. The SMILES string of the molecule is CC1CC(=O)Nc2ccccc2N1C(=O)CN(C)C(=O)CNc1cccc(C(F)(F)F)c1. The average molecular weight is 448 g/mol. The van der Waals surface area contributed by atoms with Crippen molar-refractivity contribution < 1.29 is 27.6 Å². The Morgan fingerprint density at radius 2 is 1.91 bits per heavy atom. The van der Waals surface area contributed by atoms with Gasteiger partial charge in [0.15, 0.2) is 0 Å². The maximum Gasteiger partial charge on any atom is 0.416 e. The lowest BCUT2D eigenvalue weighted by Gasteiger charge is -2.29. The molecule has 3 amide bonds. The average Bonchev–Trinajstić information content (AvgIpc) is 2.85. The Kier molecular flexibility index (Phi) is 6.71. The van der Waals surface area contributed by atoms with E-state index in [9.17, 15) is 27.6 Å². The number of carbonyl (C=O) groups excluding carboxylic acids is 3. The van der Waals surface area contributed by atoms with Crippen LogP contribution < -0.4 is 15.5 Å². The Balaban J connectivity index is 1.65. The molecule has 0 radical (unpaired) electrons. The number of fused-ring (bicyclic) bond motifs is 1. The van der Waals surface area contributed by atoms with Crippen molar-refractivity contribution in [2.24, 2.45) is 0 Å². The fraction of sp³-hybridized carbons (Fsp3) is 0.318. The summed E-state index contributed by atoms with van der Waals surface area (Å²) in [4.78, 5) is 40.2. The van der Waals surface area contributed by atoms with E-state index in [1.807, 2.05) is 0 Å². The maximum atomic E-state index is 13.0. The van der Waals surface area contributed by atoms with Gasteiger partial charge in [0, 0.05) is 25.2 Å². The van der Waals surface area contributed by atoms with Gasteiger partial charge in [0.2, 0.25) is 17.7 Å². The van der Waals surface area contributed by atoms with Gasteiger partial charge in [0.1, 0.15) is 0 Å². The van der Waals surface area contributed by atoms with Crippen LogP contribution >= 0.6 is 0 Å². The first-order chi connectivity index (χ1) is 15.1. The number of nitrogens with zero attached hydrogens (tertiary/aromatic N) is 2. The lowest BCUT2D eigenvalue weighted by atomic mass is 10.1. The third-order valence-corrected chi connectivity index (χ3v) is 5.06. The second-order valence-electron chi connectivity index (χ2n) is 7.56. The summed E-state index contributed by atoms with van der Waals surface area (Å²) in [5.41, 5.74) is 0.372. The number of anilines is 3. The monoisotopic (exact) mass is 448 g/mol. The molecular weight excluding hydrogens is 425 g/mol. The minimum atomic E-state index is -4.48. The lowest BCUT2D eigenvalue weighted by Crippen LogP contribution is -2.46. The third-order valence-electron chi connectivity index (χ3n) is 5.06. The summed E-state index contributed by atoms with van der Waals surface area (Å²) in [6.45, 7) is 1.21. The summed E-state index contributed by atoms with van der Waals surface area (Å²) in [7, 11) is 1.44. The number of hydrogen-bond acceptors (Lipinski definition) is 4. The molecule has 1 heterocycles. The van der Waals surface area contributed by atoms with Gasteiger partial charge in [-0.15, -0.1) is 0 Å². The van der Waals surface area contributed by atoms with Crippen LogP contribution in [0.4, 0.5) is 30.2 Å². The molecule has 0 fully saturated rings. The lowest BCUT2D eigenvalue weighted by molar-refractivity contribution is -0.137. The molecular formula is C22H23F3N4O3. The van der Waals surface area contributed by atoms with Crippen LogP contribution in [-0.4, -0.2) is 48.8 Å². The normalized spacial score (nSPS) is 16.0. The van der Waals surface area contributed by atoms with Gasteiger partial charge in [-0.05, 0) is 37.3 Å². The summed E-state index contributed by atoms with van der Waals surface area (Å²) in [5.74, 6) is -1.06. The van der Waals surface area contributed by atoms with Crippen molar-refractivity contribution >= 4 is 34.8 Å². The molecule has 0 saturated carbocycles. The molecule has 2 N–H and O–H groups in total. The van der Waals surface area contributed by atoms with Crippen LogP contribution in [0, 0.1) is 0 Å². The zero-order valence-electron chi connectivity index (χ0n) is 17.6. The van der Waals surface area contributed by atoms with Crippen LogP contribution in [0.1, 0.15) is 18.9 Å². The van der Waals surface area contributed by atoms with Crippen molar-refractivity contribution in [2.45, 2.75) is 25.6 Å². The van der Waals surface area contributed by atoms with Crippen LogP contribution in [0.5, 0.6) is 0 Å². The van der Waals surface area contributed by atoms with E-state index in [1.165, 1.54) is 29.0 Å². The van der Waals surface area contributed by atoms with E-state index in [1.54, 1.807) is 31.2 Å². The van der Waals surface area contributed by atoms with Crippen molar-refractivity contribution in [3.63, 3.8) is 0 Å². The van der Waals surface area contributed by atoms with Crippen LogP contribution in [-0.2, 0) is 20.6 Å². The minimum absolute atomic E-state index is 0.106. The molecule has 0 aromatic heterocycles. The standard InChI is InChI=1S/C22H23F3N4O3/c1-14-10-19(30)27-17-8-3-4-9-18(17)29(14)21(32)13-28(2)20(31)12-26-16-7-5-6-15(11-16)22(23,24)25/h3-9,11,14,26H,10,12-13H2,1-2H3,(H,27,30). The molecule has 0 saturated heterocycles. The van der Waals surface area contributed by atoms with Gasteiger partial charge in [-0.1, -0.05) is 18.2 Å². The van der Waals surface area contributed by atoms with Gasteiger partial charge in [-0.3, -0.25) is 14.4 Å². The van der Waals surface area contributed by atoms with Crippen molar-refractivity contribution in [3.8, 4) is 0 Å². The van der Waals surface area contributed by atoms with Crippen molar-refractivity contribution in [2.75, 3.05) is 35.7 Å². The second-order valence-corrected chi connectivity index (χ2v) is 7.56. The molecule has 7 nitrogen and oxygen atoms in total. The number of amides is 3. The molecule has 0 bridgehead atoms. The van der Waals surface area contributed by atoms with E-state index >= 15 is 0 Å². The smallest absolute Gasteiger partial charge is 0.376 e. The molecule has 32 heavy (non-hydrogen) atoms. The van der Waals surface area contributed by atoms with Crippen molar-refractivity contribution in [1.82, 2.24) is 4.90 Å². The summed E-state index contributed by atoms with van der Waals surface area (Å²) in [6, 6.07) is 11.0. The van der Waals surface area contributed by atoms with Gasteiger partial charge in [-0.2, -0.15) is 13.2 Å². The van der Waals surface area contributed by atoms with E-state index < -0.39 is 23.7 Å². The van der Waals surface area contributed by atoms with Gasteiger partial charge in [-0.25, -0.2) is 0 Å². The van der Waals surface area contributed by atoms with E-state index in [0.717, 1.165) is 12.1 Å². The number of benzene rings is 2. The van der Waals surface area contributed by atoms with Crippen LogP contribution in [0.25, 0.3) is 0 Å². The number of alkyl halides is 3. The summed E-state index contributed by atoms with van der Waals surface area (Å²) >= 11 is 0. The molecule has 0 spiro atoms. The topological polar surface area (TPSA) is 81.8 Å².